The third-order valence-electron chi connectivity index (χ3n) is 4.50. The molecule has 1 unspecified atom stereocenters. The van der Waals surface area contributed by atoms with Crippen LogP contribution in [0.4, 0.5) is 0 Å². The van der Waals surface area contributed by atoms with Gasteiger partial charge in [-0.25, -0.2) is 0 Å². The maximum absolute atomic E-state index is 12.6. The Morgan fingerprint density at radius 2 is 1.91 bits per heavy atom. The third-order valence-corrected chi connectivity index (χ3v) is 4.50. The Hall–Kier alpha value is -1.39. The molecule has 2 rings (SSSR count). The van der Waals surface area contributed by atoms with Gasteiger partial charge in [0.25, 0.3) is 0 Å². The molecule has 4 heteroatoms. The smallest absolute Gasteiger partial charge is 0.240 e. The van der Waals surface area contributed by atoms with Crippen LogP contribution in [0.2, 0.25) is 0 Å². The zero-order valence-corrected chi connectivity index (χ0v) is 13.5. The van der Waals surface area contributed by atoms with Crippen molar-refractivity contribution >= 4 is 5.91 Å². The molecule has 0 aromatic heterocycles. The van der Waals surface area contributed by atoms with Crippen molar-refractivity contribution in [3.05, 3.63) is 35.9 Å². The van der Waals surface area contributed by atoms with Crippen molar-refractivity contribution in [3.63, 3.8) is 0 Å². The molecular weight excluding hydrogens is 276 g/mol. The summed E-state index contributed by atoms with van der Waals surface area (Å²) in [5.41, 5.74) is 0.373. The van der Waals surface area contributed by atoms with E-state index in [0.717, 1.165) is 37.7 Å². The predicted molar refractivity (Wildman–Crippen MR) is 88.5 cm³/mol. The summed E-state index contributed by atoms with van der Waals surface area (Å²) >= 11 is 0. The van der Waals surface area contributed by atoms with E-state index >= 15 is 0 Å². The van der Waals surface area contributed by atoms with E-state index in [1.807, 2.05) is 30.3 Å². The van der Waals surface area contributed by atoms with Gasteiger partial charge in [0.2, 0.25) is 5.91 Å². The van der Waals surface area contributed by atoms with Crippen molar-refractivity contribution in [2.45, 2.75) is 57.1 Å². The lowest BCUT2D eigenvalue weighted by molar-refractivity contribution is -0.129. The lowest BCUT2D eigenvalue weighted by Crippen LogP contribution is -2.58. The molecule has 1 aromatic carbocycles. The summed E-state index contributed by atoms with van der Waals surface area (Å²) in [7, 11) is 0. The summed E-state index contributed by atoms with van der Waals surface area (Å²) in [4.78, 5) is 12.6. The van der Waals surface area contributed by atoms with Gasteiger partial charge >= 0.3 is 0 Å². The first-order chi connectivity index (χ1) is 10.7. The largest absolute Gasteiger partial charge is 0.387 e. The summed E-state index contributed by atoms with van der Waals surface area (Å²) in [5, 5.41) is 16.7. The van der Waals surface area contributed by atoms with Crippen molar-refractivity contribution in [1.29, 1.82) is 0 Å². The molecular formula is C18H28N2O2. The van der Waals surface area contributed by atoms with Crippen LogP contribution >= 0.6 is 0 Å². The van der Waals surface area contributed by atoms with Crippen LogP contribution in [0.25, 0.3) is 0 Å². The van der Waals surface area contributed by atoms with Crippen LogP contribution in [0, 0.1) is 0 Å². The first-order valence-electron chi connectivity index (χ1n) is 8.44. The molecule has 1 atom stereocenters. The molecule has 0 bridgehead atoms. The number of carbonyl (C=O) groups is 1. The summed E-state index contributed by atoms with van der Waals surface area (Å²) in [6.45, 7) is 3.17. The molecule has 4 nitrogen and oxygen atoms in total. The molecule has 1 fully saturated rings. The minimum absolute atomic E-state index is 0.0920. The normalized spacial score (nSPS) is 18.6. The van der Waals surface area contributed by atoms with Crippen molar-refractivity contribution in [2.24, 2.45) is 0 Å². The van der Waals surface area contributed by atoms with Crippen molar-refractivity contribution in [2.75, 3.05) is 13.1 Å². The number of aliphatic hydroxyl groups excluding tert-OH is 1. The Bertz CT molecular complexity index is 455. The lowest BCUT2D eigenvalue weighted by atomic mass is 9.80. The minimum atomic E-state index is -0.584. The first-order valence-corrected chi connectivity index (χ1v) is 8.44. The number of nitrogens with one attached hydrogen (secondary N) is 2. The van der Waals surface area contributed by atoms with Crippen LogP contribution in [0.5, 0.6) is 0 Å². The number of carbonyl (C=O) groups excluding carboxylic acids is 1. The van der Waals surface area contributed by atoms with Gasteiger partial charge in [0.05, 0.1) is 11.6 Å². The molecule has 22 heavy (non-hydrogen) atoms. The van der Waals surface area contributed by atoms with Crippen LogP contribution in [0.1, 0.15) is 57.1 Å². The molecule has 1 amide bonds. The van der Waals surface area contributed by atoms with Crippen molar-refractivity contribution < 1.29 is 9.90 Å². The molecule has 0 heterocycles. The molecule has 1 aliphatic carbocycles. The van der Waals surface area contributed by atoms with Gasteiger partial charge < -0.3 is 15.7 Å². The SMILES string of the molecule is CCCNC(=O)C1(NCC(O)c2ccccc2)CCCCC1. The van der Waals surface area contributed by atoms with E-state index in [4.69, 9.17) is 0 Å². The minimum Gasteiger partial charge on any atom is -0.387 e. The average Bonchev–Trinajstić information content (AvgIpc) is 2.59. The Labute approximate surface area is 133 Å². The fourth-order valence-corrected chi connectivity index (χ4v) is 3.13. The highest BCUT2D eigenvalue weighted by Crippen LogP contribution is 2.29. The zero-order valence-electron chi connectivity index (χ0n) is 13.5. The number of rotatable bonds is 7. The number of β-amino-alcohol motifs (C(OH)–C–C–N with tert-alkyl or cyclic N) is 1. The summed E-state index contributed by atoms with van der Waals surface area (Å²) in [5.74, 6) is 0.0920. The van der Waals surface area contributed by atoms with Crippen LogP contribution < -0.4 is 10.6 Å². The second-order valence-corrected chi connectivity index (χ2v) is 6.21. The Morgan fingerprint density at radius 1 is 1.23 bits per heavy atom. The van der Waals surface area contributed by atoms with Gasteiger partial charge in [0.1, 0.15) is 0 Å². The van der Waals surface area contributed by atoms with Gasteiger partial charge in [0.15, 0.2) is 0 Å². The average molecular weight is 304 g/mol. The Morgan fingerprint density at radius 3 is 2.55 bits per heavy atom. The number of hydrogen-bond donors (Lipinski definition) is 3. The lowest BCUT2D eigenvalue weighted by Gasteiger charge is -2.37. The molecule has 1 saturated carbocycles. The fraction of sp³-hybridized carbons (Fsp3) is 0.611. The van der Waals surface area contributed by atoms with Gasteiger partial charge in [-0.3, -0.25) is 4.79 Å². The molecule has 1 aromatic rings. The second kappa shape index (κ2) is 8.30. The van der Waals surface area contributed by atoms with Gasteiger partial charge in [0, 0.05) is 13.1 Å². The number of aliphatic hydroxyl groups is 1. The maximum Gasteiger partial charge on any atom is 0.240 e. The quantitative estimate of drug-likeness (QED) is 0.725. The van der Waals surface area contributed by atoms with Gasteiger partial charge in [-0.15, -0.1) is 0 Å². The highest BCUT2D eigenvalue weighted by molar-refractivity contribution is 5.86. The molecule has 122 valence electrons. The third kappa shape index (κ3) is 4.31. The monoisotopic (exact) mass is 304 g/mol. The number of hydrogen-bond acceptors (Lipinski definition) is 3. The van der Waals surface area contributed by atoms with E-state index in [-0.39, 0.29) is 5.91 Å². The Balaban J connectivity index is 1.99. The van der Waals surface area contributed by atoms with E-state index in [1.165, 1.54) is 6.42 Å². The Kier molecular flexibility index (Phi) is 6.40. The highest BCUT2D eigenvalue weighted by atomic mass is 16.3. The summed E-state index contributed by atoms with van der Waals surface area (Å²) in [6.07, 6.45) is 5.37. The summed E-state index contributed by atoms with van der Waals surface area (Å²) in [6, 6.07) is 9.60. The zero-order chi connectivity index (χ0) is 15.8. The topological polar surface area (TPSA) is 61.4 Å². The highest BCUT2D eigenvalue weighted by Gasteiger charge is 2.39. The van der Waals surface area contributed by atoms with E-state index in [9.17, 15) is 9.90 Å². The van der Waals surface area contributed by atoms with Gasteiger partial charge in [-0.05, 0) is 24.8 Å². The molecule has 0 saturated heterocycles. The van der Waals surface area contributed by atoms with Crippen molar-refractivity contribution in [3.8, 4) is 0 Å². The molecule has 1 aliphatic rings. The fourth-order valence-electron chi connectivity index (χ4n) is 3.13. The van der Waals surface area contributed by atoms with E-state index in [0.29, 0.717) is 13.1 Å². The second-order valence-electron chi connectivity index (χ2n) is 6.21. The van der Waals surface area contributed by atoms with Crippen LogP contribution in [-0.2, 0) is 4.79 Å². The molecule has 0 aliphatic heterocycles. The van der Waals surface area contributed by atoms with Gasteiger partial charge in [-0.1, -0.05) is 56.5 Å². The van der Waals surface area contributed by atoms with E-state index in [1.54, 1.807) is 0 Å². The van der Waals surface area contributed by atoms with Crippen LogP contribution in [-0.4, -0.2) is 29.6 Å². The van der Waals surface area contributed by atoms with Crippen molar-refractivity contribution in [1.82, 2.24) is 10.6 Å². The van der Waals surface area contributed by atoms with E-state index in [2.05, 4.69) is 17.6 Å². The molecule has 0 radical (unpaired) electrons. The van der Waals surface area contributed by atoms with Crippen LogP contribution in [0.3, 0.4) is 0 Å². The standard InChI is InChI=1S/C18H28N2O2/c1-2-13-19-17(22)18(11-7-4-8-12-18)20-14-16(21)15-9-5-3-6-10-15/h3,5-6,9-10,16,20-21H,2,4,7-8,11-14H2,1H3,(H,19,22). The van der Waals surface area contributed by atoms with Crippen LogP contribution in [0.15, 0.2) is 30.3 Å². The maximum atomic E-state index is 12.6. The molecule has 3 N–H and O–H groups in total. The summed E-state index contributed by atoms with van der Waals surface area (Å²) < 4.78 is 0. The first kappa shape index (κ1) is 17.0. The molecule has 0 spiro atoms. The number of amides is 1. The van der Waals surface area contributed by atoms with E-state index < -0.39 is 11.6 Å². The number of benzene rings is 1. The predicted octanol–water partition coefficient (Wildman–Crippen LogP) is 2.54. The van der Waals surface area contributed by atoms with Gasteiger partial charge in [-0.2, -0.15) is 0 Å².